The summed E-state index contributed by atoms with van der Waals surface area (Å²) in [7, 11) is 2.23. The summed E-state index contributed by atoms with van der Waals surface area (Å²) in [5.41, 5.74) is 17.1. The van der Waals surface area contributed by atoms with Crippen LogP contribution >= 0.6 is 0 Å². The second kappa shape index (κ2) is 13.2. The first-order chi connectivity index (χ1) is 26.8. The Balaban J connectivity index is 0.969. The number of hydrogen-bond acceptors (Lipinski definition) is 3. The minimum Gasteiger partial charge on any atom is -0.320 e. The largest absolute Gasteiger partial charge is 0.320 e. The van der Waals surface area contributed by atoms with Gasteiger partial charge in [0.1, 0.15) is 5.52 Å². The lowest BCUT2D eigenvalue weighted by Gasteiger charge is -2.24. The van der Waals surface area contributed by atoms with Crippen molar-refractivity contribution in [3.05, 3.63) is 142 Å². The van der Waals surface area contributed by atoms with Crippen LogP contribution in [0.4, 0.5) is 0 Å². The van der Waals surface area contributed by atoms with Crippen LogP contribution in [0.1, 0.15) is 58.6 Å². The summed E-state index contributed by atoms with van der Waals surface area (Å²) in [6.45, 7) is 13.7. The molecule has 0 unspecified atom stereocenters. The van der Waals surface area contributed by atoms with Crippen molar-refractivity contribution in [2.45, 2.75) is 60.3 Å². The number of pyridine rings is 1. The molecule has 0 atom stereocenters. The second-order valence-electron chi connectivity index (χ2n) is 16.1. The van der Waals surface area contributed by atoms with E-state index in [0.29, 0.717) is 0 Å². The molecular formula is C48H48N7+. The maximum absolute atomic E-state index is 4.58. The van der Waals surface area contributed by atoms with Gasteiger partial charge in [0.15, 0.2) is 0 Å². The lowest BCUT2D eigenvalue weighted by atomic mass is 10.0. The summed E-state index contributed by atoms with van der Waals surface area (Å²) < 4.78 is 7.21. The Morgan fingerprint density at radius 1 is 0.709 bits per heavy atom. The molecule has 0 spiro atoms. The molecule has 7 heteroatoms. The Kier molecular flexibility index (Phi) is 8.12. The van der Waals surface area contributed by atoms with Gasteiger partial charge in [0, 0.05) is 96.9 Å². The Morgan fingerprint density at radius 2 is 1.38 bits per heavy atom. The van der Waals surface area contributed by atoms with Crippen molar-refractivity contribution in [2.24, 2.45) is 0 Å². The molecule has 274 valence electrons. The summed E-state index contributed by atoms with van der Waals surface area (Å²) in [5.74, 6) is 0. The number of rotatable bonds is 6. The number of nitrogens with zero attached hydrogens (tertiary/aromatic N) is 6. The molecule has 55 heavy (non-hydrogen) atoms. The van der Waals surface area contributed by atoms with E-state index in [-0.39, 0.29) is 0 Å². The van der Waals surface area contributed by atoms with Gasteiger partial charge < -0.3 is 14.0 Å². The van der Waals surface area contributed by atoms with Crippen molar-refractivity contribution in [1.82, 2.24) is 29.0 Å². The first kappa shape index (κ1) is 33.8. The van der Waals surface area contributed by atoms with E-state index < -0.39 is 0 Å². The Bertz CT molecular complexity index is 2870. The molecule has 6 heterocycles. The molecule has 2 aliphatic rings. The van der Waals surface area contributed by atoms with Crippen molar-refractivity contribution in [3.63, 3.8) is 0 Å². The fraction of sp³-hybridized carbons (Fsp3) is 0.250. The average molecular weight is 723 g/mol. The summed E-state index contributed by atoms with van der Waals surface area (Å²) in [4.78, 5) is 9.60. The lowest BCUT2D eigenvalue weighted by molar-refractivity contribution is -0.765. The van der Waals surface area contributed by atoms with Crippen LogP contribution in [0.5, 0.6) is 0 Å². The molecule has 4 aromatic carbocycles. The van der Waals surface area contributed by atoms with Crippen LogP contribution < -0.4 is 4.68 Å². The number of hydrogen-bond donors (Lipinski definition) is 1. The number of aryl methyl sites for hydroxylation is 2. The van der Waals surface area contributed by atoms with Crippen LogP contribution in [0.25, 0.3) is 67.0 Å². The Labute approximate surface area is 322 Å². The highest BCUT2D eigenvalue weighted by molar-refractivity contribution is 5.98. The van der Waals surface area contributed by atoms with Gasteiger partial charge >= 0.3 is 0 Å². The van der Waals surface area contributed by atoms with Crippen molar-refractivity contribution >= 4 is 67.0 Å². The van der Waals surface area contributed by atoms with Gasteiger partial charge in [-0.2, -0.15) is 5.10 Å². The van der Waals surface area contributed by atoms with Gasteiger partial charge in [0.25, 0.3) is 0 Å². The topological polar surface area (TPSA) is 48.9 Å². The summed E-state index contributed by atoms with van der Waals surface area (Å²) >= 11 is 0. The van der Waals surface area contributed by atoms with Gasteiger partial charge in [-0.25, -0.2) is 4.90 Å². The molecule has 0 aliphatic carbocycles. The number of likely N-dealkylation sites (N-methyl/N-ethyl adjacent to an activating group) is 1. The number of aromatic nitrogens is 5. The van der Waals surface area contributed by atoms with Gasteiger partial charge in [-0.3, -0.25) is 4.98 Å². The lowest BCUT2D eigenvalue weighted by Crippen LogP contribution is -2.46. The number of benzene rings is 4. The van der Waals surface area contributed by atoms with Crippen LogP contribution in [-0.2, 0) is 32.6 Å². The molecule has 4 aromatic heterocycles. The van der Waals surface area contributed by atoms with E-state index in [1.807, 2.05) is 12.4 Å². The zero-order valence-electron chi connectivity index (χ0n) is 32.5. The highest BCUT2D eigenvalue weighted by atomic mass is 15.4. The van der Waals surface area contributed by atoms with Crippen molar-refractivity contribution in [2.75, 3.05) is 20.1 Å². The molecule has 7 nitrogen and oxygen atoms in total. The molecule has 0 amide bonds. The van der Waals surface area contributed by atoms with Crippen LogP contribution in [0.3, 0.4) is 0 Å². The Hall–Kier alpha value is -5.76. The van der Waals surface area contributed by atoms with E-state index in [2.05, 4.69) is 166 Å². The smallest absolute Gasteiger partial charge is 0.228 e. The quantitative estimate of drug-likeness (QED) is 0.174. The molecule has 0 bridgehead atoms. The zero-order chi connectivity index (χ0) is 37.4. The third-order valence-corrected chi connectivity index (χ3v) is 12.1. The molecule has 8 aromatic rings. The predicted molar refractivity (Wildman–Crippen MR) is 227 cm³/mol. The van der Waals surface area contributed by atoms with E-state index >= 15 is 0 Å². The van der Waals surface area contributed by atoms with Crippen LogP contribution in [0.15, 0.2) is 97.5 Å². The van der Waals surface area contributed by atoms with Gasteiger partial charge in [-0.05, 0) is 98.3 Å². The number of fused-ring (bicyclic) bond motifs is 8. The SMILES string of the molecule is CC(=Cn1c2c(c3cc(C)ccc31)CN(C[n+]1cc3c(C(C)=Cn4c5c(c6cc(C)ccc64)CN(C)CC5)cccc3[nH]1)CC2)c1cncc2ccccc12. The van der Waals surface area contributed by atoms with Crippen LogP contribution in [-0.4, -0.2) is 49.2 Å². The summed E-state index contributed by atoms with van der Waals surface area (Å²) in [6, 6.07) is 29.0. The van der Waals surface area contributed by atoms with Crippen molar-refractivity contribution < 1.29 is 4.68 Å². The van der Waals surface area contributed by atoms with E-state index in [0.717, 1.165) is 51.2 Å². The number of H-pyrrole nitrogens is 1. The van der Waals surface area contributed by atoms with Gasteiger partial charge in [-0.15, -0.1) is 4.68 Å². The second-order valence-corrected chi connectivity index (χ2v) is 16.1. The zero-order valence-corrected chi connectivity index (χ0v) is 32.5. The molecule has 1 N–H and O–H groups in total. The normalized spacial score (nSPS) is 15.8. The molecule has 2 aliphatic heterocycles. The molecule has 10 rings (SSSR count). The third kappa shape index (κ3) is 5.81. The minimum absolute atomic E-state index is 0.800. The van der Waals surface area contributed by atoms with E-state index in [1.54, 1.807) is 0 Å². The molecule has 0 fully saturated rings. The summed E-state index contributed by atoms with van der Waals surface area (Å²) in [5, 5.41) is 10.1. The van der Waals surface area contributed by atoms with E-state index in [9.17, 15) is 0 Å². The highest BCUT2D eigenvalue weighted by Crippen LogP contribution is 2.36. The number of aromatic amines is 1. The first-order valence-electron chi connectivity index (χ1n) is 19.7. The molecule has 0 radical (unpaired) electrons. The minimum atomic E-state index is 0.800. The standard InChI is InChI=1S/C48H47N7/c1-31-13-15-45-38(21-31)42-27-51(5)19-17-47(42)54(45)25-33(3)36-11-8-12-44-41(36)29-53(50-44)30-52-20-18-48-43(28-52)39-22-32(2)14-16-46(39)55(48)26-34(4)40-24-49-23-35-9-6-7-10-37(35)40/h6-16,21-26,29H,17-20,27-28,30H2,1-5H3/p+1. The number of nitrogens with one attached hydrogen (secondary N) is 1. The maximum atomic E-state index is 4.58. The predicted octanol–water partition coefficient (Wildman–Crippen LogP) is 9.57. The van der Waals surface area contributed by atoms with E-state index in [1.165, 1.54) is 93.9 Å². The van der Waals surface area contributed by atoms with Gasteiger partial charge in [-0.1, -0.05) is 59.7 Å². The van der Waals surface area contributed by atoms with E-state index in [4.69, 9.17) is 0 Å². The first-order valence-corrected chi connectivity index (χ1v) is 19.7. The Morgan fingerprint density at radius 3 is 2.13 bits per heavy atom. The fourth-order valence-electron chi connectivity index (χ4n) is 9.36. The van der Waals surface area contributed by atoms with Crippen molar-refractivity contribution in [1.29, 1.82) is 0 Å². The fourth-order valence-corrected chi connectivity index (χ4v) is 9.36. The van der Waals surface area contributed by atoms with Gasteiger partial charge in [0.05, 0.1) is 16.4 Å². The number of allylic oxidation sites excluding steroid dienone is 2. The van der Waals surface area contributed by atoms with Crippen LogP contribution in [0.2, 0.25) is 0 Å². The van der Waals surface area contributed by atoms with Crippen LogP contribution in [0, 0.1) is 13.8 Å². The molecule has 0 saturated carbocycles. The maximum Gasteiger partial charge on any atom is 0.228 e. The summed E-state index contributed by atoms with van der Waals surface area (Å²) in [6.07, 6.45) is 13.0. The molecular weight excluding hydrogens is 675 g/mol. The van der Waals surface area contributed by atoms with Gasteiger partial charge in [0.2, 0.25) is 12.9 Å². The third-order valence-electron chi connectivity index (χ3n) is 12.1. The van der Waals surface area contributed by atoms with Crippen molar-refractivity contribution in [3.8, 4) is 0 Å². The average Bonchev–Trinajstić information content (AvgIpc) is 3.83. The molecule has 0 saturated heterocycles. The highest BCUT2D eigenvalue weighted by Gasteiger charge is 2.27. The monoisotopic (exact) mass is 722 g/mol.